The van der Waals surface area contributed by atoms with Crippen molar-refractivity contribution in [2.45, 2.75) is 38.5 Å². The summed E-state index contributed by atoms with van der Waals surface area (Å²) >= 11 is 0. The van der Waals surface area contributed by atoms with Crippen molar-refractivity contribution in [3.05, 3.63) is 65.2 Å². The van der Waals surface area contributed by atoms with Crippen molar-refractivity contribution in [1.29, 1.82) is 0 Å². The molecule has 0 saturated carbocycles. The molecular weight excluding hydrogens is 397 g/mol. The molecule has 1 heterocycles. The van der Waals surface area contributed by atoms with Gasteiger partial charge < -0.3 is 10.0 Å². The third-order valence-electron chi connectivity index (χ3n) is 5.27. The number of likely N-dealkylation sites (tertiary alicyclic amines) is 1. The van der Waals surface area contributed by atoms with Crippen LogP contribution in [0.1, 0.15) is 41.3 Å². The molecule has 1 atom stereocenters. The Morgan fingerprint density at radius 1 is 1.10 bits per heavy atom. The lowest BCUT2D eigenvalue weighted by molar-refractivity contribution is -0.137. The molecule has 8 heteroatoms. The van der Waals surface area contributed by atoms with Gasteiger partial charge in [0.1, 0.15) is 0 Å². The zero-order valence-electron chi connectivity index (χ0n) is 16.5. The van der Waals surface area contributed by atoms with Gasteiger partial charge in [-0.05, 0) is 49.6 Å². The van der Waals surface area contributed by atoms with E-state index in [0.29, 0.717) is 24.2 Å². The average Bonchev–Trinajstić information content (AvgIpc) is 3.20. The van der Waals surface area contributed by atoms with Crippen LogP contribution in [0.25, 0.3) is 0 Å². The van der Waals surface area contributed by atoms with E-state index in [-0.39, 0.29) is 31.0 Å². The van der Waals surface area contributed by atoms with Gasteiger partial charge in [0.15, 0.2) is 5.78 Å². The van der Waals surface area contributed by atoms with Gasteiger partial charge in [0, 0.05) is 17.8 Å². The molecule has 2 aromatic carbocycles. The summed E-state index contributed by atoms with van der Waals surface area (Å²) in [6.45, 7) is 1.89. The molecule has 0 aromatic heterocycles. The Hall–Kier alpha value is -2.87. The highest BCUT2D eigenvalue weighted by atomic mass is 19.4. The predicted octanol–water partition coefficient (Wildman–Crippen LogP) is 4.49. The lowest BCUT2D eigenvalue weighted by atomic mass is 10.1. The number of hydrogen-bond donors (Lipinski definition) is 1. The number of amides is 2. The number of hydrogen-bond acceptors (Lipinski definition) is 3. The zero-order chi connectivity index (χ0) is 21.9. The highest BCUT2D eigenvalue weighted by molar-refractivity contribution is 5.94. The minimum absolute atomic E-state index is 0.0833. The zero-order valence-corrected chi connectivity index (χ0v) is 16.5. The number of rotatable bonds is 5. The first-order valence-electron chi connectivity index (χ1n) is 9.67. The van der Waals surface area contributed by atoms with E-state index in [2.05, 4.69) is 0 Å². The summed E-state index contributed by atoms with van der Waals surface area (Å²) in [6.07, 6.45) is -3.03. The number of urea groups is 1. The van der Waals surface area contributed by atoms with Crippen LogP contribution < -0.4 is 4.90 Å². The molecule has 0 unspecified atom stereocenters. The molecule has 0 bridgehead atoms. The van der Waals surface area contributed by atoms with Crippen LogP contribution in [0.5, 0.6) is 0 Å². The standard InChI is InChI=1S/C22H23F3N2O3/c1-15(29)17-6-4-16(5-7-17)13-27(21(30)26-12-2-3-20(26)14-28)19-10-8-18(9-11-19)22(23,24)25/h4-11,20,28H,2-3,12-14H2,1H3/t20-/m1/s1. The molecular formula is C22H23F3N2O3. The second kappa shape index (κ2) is 8.87. The number of aliphatic hydroxyl groups is 1. The van der Waals surface area contributed by atoms with Crippen molar-refractivity contribution in [3.8, 4) is 0 Å². The van der Waals surface area contributed by atoms with Gasteiger partial charge in [-0.1, -0.05) is 24.3 Å². The fourth-order valence-corrected chi connectivity index (χ4v) is 3.56. The lowest BCUT2D eigenvalue weighted by Gasteiger charge is -2.31. The van der Waals surface area contributed by atoms with E-state index in [0.717, 1.165) is 24.1 Å². The first-order valence-corrected chi connectivity index (χ1v) is 9.67. The van der Waals surface area contributed by atoms with Gasteiger partial charge in [-0.2, -0.15) is 13.2 Å². The van der Waals surface area contributed by atoms with E-state index in [1.807, 2.05) is 0 Å². The van der Waals surface area contributed by atoms with Crippen LogP contribution >= 0.6 is 0 Å². The van der Waals surface area contributed by atoms with Crippen molar-refractivity contribution in [2.24, 2.45) is 0 Å². The SMILES string of the molecule is CC(=O)c1ccc(CN(C(=O)N2CCC[C@@H]2CO)c2ccc(C(F)(F)F)cc2)cc1. The smallest absolute Gasteiger partial charge is 0.394 e. The van der Waals surface area contributed by atoms with Crippen LogP contribution in [0.2, 0.25) is 0 Å². The molecule has 3 rings (SSSR count). The molecule has 2 aromatic rings. The first kappa shape index (κ1) is 21.8. The molecule has 0 radical (unpaired) electrons. The number of ketones is 1. The summed E-state index contributed by atoms with van der Waals surface area (Å²) in [7, 11) is 0. The minimum atomic E-state index is -4.47. The van der Waals surface area contributed by atoms with Gasteiger partial charge in [0.25, 0.3) is 0 Å². The van der Waals surface area contributed by atoms with Gasteiger partial charge in [0.2, 0.25) is 0 Å². The molecule has 2 amide bonds. The number of nitrogens with zero attached hydrogens (tertiary/aromatic N) is 2. The average molecular weight is 420 g/mol. The second-order valence-electron chi connectivity index (χ2n) is 7.34. The van der Waals surface area contributed by atoms with Gasteiger partial charge in [0.05, 0.1) is 24.8 Å². The molecule has 0 spiro atoms. The summed E-state index contributed by atoms with van der Waals surface area (Å²) in [6, 6.07) is 10.5. The van der Waals surface area contributed by atoms with Crippen LogP contribution in [0.3, 0.4) is 0 Å². The van der Waals surface area contributed by atoms with E-state index >= 15 is 0 Å². The summed E-state index contributed by atoms with van der Waals surface area (Å²) in [4.78, 5) is 27.7. The molecule has 1 aliphatic rings. The molecule has 1 N–H and O–H groups in total. The Balaban J connectivity index is 1.91. The number of carbonyl (C=O) groups excluding carboxylic acids is 2. The van der Waals surface area contributed by atoms with Crippen molar-refractivity contribution < 1.29 is 27.9 Å². The van der Waals surface area contributed by atoms with Crippen molar-refractivity contribution in [3.63, 3.8) is 0 Å². The van der Waals surface area contributed by atoms with Crippen molar-refractivity contribution in [2.75, 3.05) is 18.1 Å². The molecule has 1 fully saturated rings. The van der Waals surface area contributed by atoms with Gasteiger partial charge in [-0.25, -0.2) is 4.79 Å². The van der Waals surface area contributed by atoms with Crippen LogP contribution in [0, 0.1) is 0 Å². The number of aliphatic hydroxyl groups excluding tert-OH is 1. The van der Waals surface area contributed by atoms with E-state index in [9.17, 15) is 27.9 Å². The maximum Gasteiger partial charge on any atom is 0.416 e. The van der Waals surface area contributed by atoms with Gasteiger partial charge in [-0.15, -0.1) is 0 Å². The predicted molar refractivity (Wildman–Crippen MR) is 106 cm³/mol. The van der Waals surface area contributed by atoms with Crippen molar-refractivity contribution in [1.82, 2.24) is 4.90 Å². The number of anilines is 1. The summed E-state index contributed by atoms with van der Waals surface area (Å²) in [5.74, 6) is -0.0833. The van der Waals surface area contributed by atoms with Gasteiger partial charge >= 0.3 is 12.2 Å². The highest BCUT2D eigenvalue weighted by Gasteiger charge is 2.33. The molecule has 30 heavy (non-hydrogen) atoms. The molecule has 0 aliphatic carbocycles. The molecule has 160 valence electrons. The highest BCUT2D eigenvalue weighted by Crippen LogP contribution is 2.31. The number of Topliss-reactive ketones (excluding diaryl/α,β-unsaturated/α-hetero) is 1. The summed E-state index contributed by atoms with van der Waals surface area (Å²) in [5, 5.41) is 9.57. The van der Waals surface area contributed by atoms with Crippen LogP contribution in [-0.2, 0) is 12.7 Å². The third-order valence-corrected chi connectivity index (χ3v) is 5.27. The van der Waals surface area contributed by atoms with Crippen LogP contribution in [0.15, 0.2) is 48.5 Å². The first-order chi connectivity index (χ1) is 14.2. The monoisotopic (exact) mass is 420 g/mol. The quantitative estimate of drug-likeness (QED) is 0.725. The number of halogens is 3. The van der Waals surface area contributed by atoms with E-state index < -0.39 is 11.7 Å². The van der Waals surface area contributed by atoms with E-state index in [4.69, 9.17) is 0 Å². The normalized spacial score (nSPS) is 16.6. The number of carbonyl (C=O) groups is 2. The minimum Gasteiger partial charge on any atom is -0.394 e. The Labute approximate surface area is 172 Å². The topological polar surface area (TPSA) is 60.9 Å². The number of benzene rings is 2. The molecule has 1 saturated heterocycles. The Morgan fingerprint density at radius 3 is 2.27 bits per heavy atom. The fraction of sp³-hybridized carbons (Fsp3) is 0.364. The van der Waals surface area contributed by atoms with E-state index in [1.165, 1.54) is 24.0 Å². The van der Waals surface area contributed by atoms with Crippen LogP contribution in [-0.4, -0.2) is 41.0 Å². The fourth-order valence-electron chi connectivity index (χ4n) is 3.56. The molecule has 1 aliphatic heterocycles. The molecule has 5 nitrogen and oxygen atoms in total. The Morgan fingerprint density at radius 2 is 1.73 bits per heavy atom. The van der Waals surface area contributed by atoms with Crippen LogP contribution in [0.4, 0.5) is 23.7 Å². The number of alkyl halides is 3. The maximum absolute atomic E-state index is 13.2. The lowest BCUT2D eigenvalue weighted by Crippen LogP contribution is -2.46. The van der Waals surface area contributed by atoms with Crippen molar-refractivity contribution >= 4 is 17.5 Å². The van der Waals surface area contributed by atoms with E-state index in [1.54, 1.807) is 29.2 Å². The Bertz CT molecular complexity index is 895. The summed E-state index contributed by atoms with van der Waals surface area (Å²) in [5.41, 5.74) is 0.796. The maximum atomic E-state index is 13.2. The second-order valence-corrected chi connectivity index (χ2v) is 7.34. The van der Waals surface area contributed by atoms with Gasteiger partial charge in [-0.3, -0.25) is 9.69 Å². The summed E-state index contributed by atoms with van der Waals surface area (Å²) < 4.78 is 38.8. The third kappa shape index (κ3) is 4.81. The largest absolute Gasteiger partial charge is 0.416 e. The Kier molecular flexibility index (Phi) is 6.45.